The van der Waals surface area contributed by atoms with Crippen LogP contribution in [0.5, 0.6) is 0 Å². The van der Waals surface area contributed by atoms with Crippen molar-refractivity contribution in [3.05, 3.63) is 63.9 Å². The van der Waals surface area contributed by atoms with Crippen LogP contribution in [0.25, 0.3) is 0 Å². The topological polar surface area (TPSA) is 15.3 Å². The lowest BCUT2D eigenvalue weighted by Crippen LogP contribution is -2.19. The molecule has 2 nitrogen and oxygen atoms in total. The molecular formula is C16H18BrFN2. The van der Waals surface area contributed by atoms with E-state index in [1.807, 2.05) is 56.4 Å². The molecule has 106 valence electrons. The summed E-state index contributed by atoms with van der Waals surface area (Å²) in [4.78, 5) is 2.04. The van der Waals surface area contributed by atoms with Crippen LogP contribution < -0.4 is 10.2 Å². The summed E-state index contributed by atoms with van der Waals surface area (Å²) in [6.45, 7) is 0. The Morgan fingerprint density at radius 2 is 1.85 bits per heavy atom. The van der Waals surface area contributed by atoms with Gasteiger partial charge in [-0.15, -0.1) is 0 Å². The zero-order chi connectivity index (χ0) is 14.7. The highest BCUT2D eigenvalue weighted by molar-refractivity contribution is 9.10. The van der Waals surface area contributed by atoms with Crippen molar-refractivity contribution in [1.82, 2.24) is 5.32 Å². The summed E-state index contributed by atoms with van der Waals surface area (Å²) in [6, 6.07) is 13.3. The van der Waals surface area contributed by atoms with Crippen molar-refractivity contribution in [2.24, 2.45) is 0 Å². The Morgan fingerprint density at radius 1 is 1.15 bits per heavy atom. The number of nitrogens with one attached hydrogen (secondary N) is 1. The molecule has 20 heavy (non-hydrogen) atoms. The number of anilines is 1. The van der Waals surface area contributed by atoms with Gasteiger partial charge in [0.2, 0.25) is 0 Å². The highest BCUT2D eigenvalue weighted by atomic mass is 79.9. The Labute approximate surface area is 127 Å². The van der Waals surface area contributed by atoms with Gasteiger partial charge in [0.25, 0.3) is 0 Å². The van der Waals surface area contributed by atoms with E-state index in [4.69, 9.17) is 0 Å². The lowest BCUT2D eigenvalue weighted by atomic mass is 9.98. The minimum Gasteiger partial charge on any atom is -0.378 e. The van der Waals surface area contributed by atoms with Gasteiger partial charge in [-0.05, 0) is 46.7 Å². The second kappa shape index (κ2) is 6.37. The van der Waals surface area contributed by atoms with E-state index in [1.54, 1.807) is 6.07 Å². The van der Waals surface area contributed by atoms with Gasteiger partial charge >= 0.3 is 0 Å². The summed E-state index contributed by atoms with van der Waals surface area (Å²) in [5.41, 5.74) is 2.77. The molecule has 1 atom stereocenters. The third-order valence-corrected chi connectivity index (χ3v) is 3.91. The maximum atomic E-state index is 14.3. The van der Waals surface area contributed by atoms with E-state index < -0.39 is 0 Å². The van der Waals surface area contributed by atoms with Crippen molar-refractivity contribution < 1.29 is 4.39 Å². The first-order valence-corrected chi connectivity index (χ1v) is 7.22. The number of rotatable bonds is 4. The van der Waals surface area contributed by atoms with Gasteiger partial charge in [0.15, 0.2) is 0 Å². The van der Waals surface area contributed by atoms with E-state index >= 15 is 0 Å². The lowest BCUT2D eigenvalue weighted by molar-refractivity contribution is 0.571. The van der Waals surface area contributed by atoms with E-state index in [0.717, 1.165) is 11.3 Å². The smallest absolute Gasteiger partial charge is 0.142 e. The highest BCUT2D eigenvalue weighted by Gasteiger charge is 2.18. The normalized spacial score (nSPS) is 12.2. The fourth-order valence-corrected chi connectivity index (χ4v) is 2.61. The molecule has 0 radical (unpaired) electrons. The Balaban J connectivity index is 2.47. The zero-order valence-corrected chi connectivity index (χ0v) is 13.4. The van der Waals surface area contributed by atoms with Crippen LogP contribution in [-0.2, 0) is 0 Å². The van der Waals surface area contributed by atoms with Crippen LogP contribution in [0.3, 0.4) is 0 Å². The van der Waals surface area contributed by atoms with Crippen molar-refractivity contribution in [2.75, 3.05) is 26.0 Å². The van der Waals surface area contributed by atoms with Crippen LogP contribution in [0.15, 0.2) is 46.9 Å². The summed E-state index contributed by atoms with van der Waals surface area (Å²) >= 11 is 3.24. The van der Waals surface area contributed by atoms with E-state index in [-0.39, 0.29) is 11.9 Å². The average Bonchev–Trinajstić information content (AvgIpc) is 2.44. The summed E-state index contributed by atoms with van der Waals surface area (Å²) in [5.74, 6) is -0.220. The van der Waals surface area contributed by atoms with E-state index in [2.05, 4.69) is 27.3 Å². The van der Waals surface area contributed by atoms with Gasteiger partial charge in [-0.2, -0.15) is 0 Å². The van der Waals surface area contributed by atoms with Gasteiger partial charge in [-0.1, -0.05) is 24.3 Å². The molecule has 0 fully saturated rings. The quantitative estimate of drug-likeness (QED) is 0.908. The van der Waals surface area contributed by atoms with Crippen molar-refractivity contribution in [3.63, 3.8) is 0 Å². The van der Waals surface area contributed by atoms with Gasteiger partial charge in [-0.3, -0.25) is 0 Å². The Hall–Kier alpha value is -1.39. The summed E-state index contributed by atoms with van der Waals surface area (Å²) < 4.78 is 14.8. The fourth-order valence-electron chi connectivity index (χ4n) is 2.23. The SMILES string of the molecule is CNC(c1cccc(N(C)C)c1)c1cccc(Br)c1F. The van der Waals surface area contributed by atoms with Gasteiger partial charge < -0.3 is 10.2 Å². The minimum atomic E-state index is -0.220. The molecule has 0 aliphatic rings. The average molecular weight is 337 g/mol. The molecule has 1 unspecified atom stereocenters. The standard InChI is InChI=1S/C16H18BrFN2/c1-19-16(13-8-5-9-14(17)15(13)18)11-6-4-7-12(10-11)20(2)3/h4-10,16,19H,1-3H3. The van der Waals surface area contributed by atoms with Crippen molar-refractivity contribution in [2.45, 2.75) is 6.04 Å². The van der Waals surface area contributed by atoms with E-state index in [1.165, 1.54) is 0 Å². The van der Waals surface area contributed by atoms with Crippen LogP contribution in [0, 0.1) is 5.82 Å². The Kier molecular flexibility index (Phi) is 4.78. The predicted octanol–water partition coefficient (Wildman–Crippen LogP) is 3.96. The first-order chi connectivity index (χ1) is 9.54. The van der Waals surface area contributed by atoms with Crippen LogP contribution in [0.1, 0.15) is 17.2 Å². The molecule has 0 aromatic heterocycles. The second-order valence-corrected chi connectivity index (χ2v) is 5.71. The second-order valence-electron chi connectivity index (χ2n) is 4.85. The van der Waals surface area contributed by atoms with E-state index in [0.29, 0.717) is 10.0 Å². The maximum Gasteiger partial charge on any atom is 0.142 e. The molecule has 4 heteroatoms. The molecule has 0 amide bonds. The molecule has 0 aliphatic carbocycles. The molecule has 1 N–H and O–H groups in total. The molecule has 2 aromatic rings. The van der Waals surface area contributed by atoms with Crippen LogP contribution in [-0.4, -0.2) is 21.1 Å². The number of benzene rings is 2. The number of hydrogen-bond acceptors (Lipinski definition) is 2. The Bertz CT molecular complexity index is 599. The van der Waals surface area contributed by atoms with Gasteiger partial charge in [0.1, 0.15) is 5.82 Å². The summed E-state index contributed by atoms with van der Waals surface area (Å²) in [7, 11) is 5.83. The third kappa shape index (κ3) is 3.02. The summed E-state index contributed by atoms with van der Waals surface area (Å²) in [5, 5.41) is 3.19. The van der Waals surface area contributed by atoms with Crippen molar-refractivity contribution in [3.8, 4) is 0 Å². The van der Waals surface area contributed by atoms with Gasteiger partial charge in [-0.25, -0.2) is 4.39 Å². The van der Waals surface area contributed by atoms with Crippen LogP contribution in [0.4, 0.5) is 10.1 Å². The lowest BCUT2D eigenvalue weighted by Gasteiger charge is -2.21. The highest BCUT2D eigenvalue weighted by Crippen LogP contribution is 2.29. The predicted molar refractivity (Wildman–Crippen MR) is 85.8 cm³/mol. The third-order valence-electron chi connectivity index (χ3n) is 3.30. The maximum absolute atomic E-state index is 14.3. The molecular weight excluding hydrogens is 319 g/mol. The molecule has 0 saturated carbocycles. The molecule has 0 bridgehead atoms. The van der Waals surface area contributed by atoms with Gasteiger partial charge in [0, 0.05) is 25.3 Å². The van der Waals surface area contributed by atoms with Crippen LogP contribution >= 0.6 is 15.9 Å². The fraction of sp³-hybridized carbons (Fsp3) is 0.250. The monoisotopic (exact) mass is 336 g/mol. The first-order valence-electron chi connectivity index (χ1n) is 6.43. The molecule has 0 heterocycles. The number of halogens is 2. The van der Waals surface area contributed by atoms with E-state index in [9.17, 15) is 4.39 Å². The first kappa shape index (κ1) is 15.0. The molecule has 2 rings (SSSR count). The molecule has 0 spiro atoms. The number of hydrogen-bond donors (Lipinski definition) is 1. The van der Waals surface area contributed by atoms with Gasteiger partial charge in [0.05, 0.1) is 10.5 Å². The zero-order valence-electron chi connectivity index (χ0n) is 11.8. The van der Waals surface area contributed by atoms with Crippen molar-refractivity contribution >= 4 is 21.6 Å². The van der Waals surface area contributed by atoms with Crippen LogP contribution in [0.2, 0.25) is 0 Å². The number of nitrogens with zero attached hydrogens (tertiary/aromatic N) is 1. The molecule has 0 saturated heterocycles. The summed E-state index contributed by atoms with van der Waals surface area (Å²) in [6.07, 6.45) is 0. The largest absolute Gasteiger partial charge is 0.378 e. The van der Waals surface area contributed by atoms with Crippen molar-refractivity contribution in [1.29, 1.82) is 0 Å². The molecule has 0 aliphatic heterocycles. The minimum absolute atomic E-state index is 0.174. The molecule has 2 aromatic carbocycles. The Morgan fingerprint density at radius 3 is 2.50 bits per heavy atom.